The summed E-state index contributed by atoms with van der Waals surface area (Å²) in [7, 11) is 1.68. The van der Waals surface area contributed by atoms with Gasteiger partial charge in [-0.25, -0.2) is 9.79 Å². The van der Waals surface area contributed by atoms with E-state index in [1.807, 2.05) is 12.2 Å². The van der Waals surface area contributed by atoms with Crippen molar-refractivity contribution in [2.75, 3.05) is 20.3 Å². The second kappa shape index (κ2) is 9.08. The van der Waals surface area contributed by atoms with Crippen molar-refractivity contribution in [3.8, 4) is 0 Å². The number of ether oxygens (including phenoxy) is 1. The molecule has 0 amide bonds. The van der Waals surface area contributed by atoms with Crippen molar-refractivity contribution in [2.24, 2.45) is 4.99 Å². The Kier molecular flexibility index (Phi) is 8.32. The van der Waals surface area contributed by atoms with Crippen molar-refractivity contribution in [2.45, 2.75) is 12.8 Å². The van der Waals surface area contributed by atoms with Gasteiger partial charge in [0.15, 0.2) is 0 Å². The van der Waals surface area contributed by atoms with Gasteiger partial charge < -0.3 is 4.74 Å². The van der Waals surface area contributed by atoms with Gasteiger partial charge in [0.05, 0.1) is 6.54 Å². The van der Waals surface area contributed by atoms with E-state index in [2.05, 4.69) is 4.99 Å². The molecule has 0 aromatic carbocycles. The monoisotopic (exact) mass is 155 g/mol. The number of allylic oxidation sites excluding steroid dienone is 1. The predicted octanol–water partition coefficient (Wildman–Crippen LogP) is 1.31. The second-order valence-corrected chi connectivity index (χ2v) is 2.04. The van der Waals surface area contributed by atoms with Gasteiger partial charge in [-0.05, 0) is 12.8 Å². The van der Waals surface area contributed by atoms with Crippen molar-refractivity contribution in [1.82, 2.24) is 0 Å². The second-order valence-electron chi connectivity index (χ2n) is 2.04. The molecule has 0 bridgehead atoms. The lowest BCUT2D eigenvalue weighted by Gasteiger charge is -1.91. The standard InChI is InChI=1S/C8H13NO2/c1-11-7-5-3-2-4-6-9-8-10/h2,4H,3,5-7H2,1H3/b4-2-. The Morgan fingerprint density at radius 2 is 2.36 bits per heavy atom. The highest BCUT2D eigenvalue weighted by Gasteiger charge is 1.80. The van der Waals surface area contributed by atoms with Gasteiger partial charge in [-0.3, -0.25) is 0 Å². The summed E-state index contributed by atoms with van der Waals surface area (Å²) < 4.78 is 4.85. The molecule has 0 aliphatic rings. The van der Waals surface area contributed by atoms with Gasteiger partial charge in [-0.2, -0.15) is 0 Å². The summed E-state index contributed by atoms with van der Waals surface area (Å²) in [6.45, 7) is 1.22. The third-order valence-electron chi connectivity index (χ3n) is 1.15. The van der Waals surface area contributed by atoms with Crippen molar-refractivity contribution in [3.05, 3.63) is 12.2 Å². The lowest BCUT2D eigenvalue weighted by Crippen LogP contribution is -1.85. The first-order valence-corrected chi connectivity index (χ1v) is 3.59. The maximum absolute atomic E-state index is 9.59. The summed E-state index contributed by atoms with van der Waals surface area (Å²) in [6, 6.07) is 0. The van der Waals surface area contributed by atoms with Crippen LogP contribution in [0.15, 0.2) is 17.1 Å². The zero-order valence-electron chi connectivity index (χ0n) is 6.75. The van der Waals surface area contributed by atoms with Crippen LogP contribution < -0.4 is 0 Å². The highest BCUT2D eigenvalue weighted by molar-refractivity contribution is 5.33. The molecule has 3 heteroatoms. The lowest BCUT2D eigenvalue weighted by molar-refractivity contribution is 0.196. The molecule has 0 aliphatic heterocycles. The van der Waals surface area contributed by atoms with Crippen LogP contribution in [-0.4, -0.2) is 26.3 Å². The number of hydrogen-bond donors (Lipinski definition) is 0. The number of nitrogens with zero attached hydrogens (tertiary/aromatic N) is 1. The van der Waals surface area contributed by atoms with Crippen molar-refractivity contribution >= 4 is 6.08 Å². The molecular weight excluding hydrogens is 142 g/mol. The zero-order chi connectivity index (χ0) is 8.36. The average Bonchev–Trinajstić information content (AvgIpc) is 2.03. The Morgan fingerprint density at radius 3 is 3.00 bits per heavy atom. The summed E-state index contributed by atoms with van der Waals surface area (Å²) in [6.07, 6.45) is 7.29. The highest BCUT2D eigenvalue weighted by Crippen LogP contribution is 1.90. The highest BCUT2D eigenvalue weighted by atomic mass is 16.5. The topological polar surface area (TPSA) is 38.7 Å². The molecule has 0 aromatic heterocycles. The smallest absolute Gasteiger partial charge is 0.235 e. The minimum absolute atomic E-state index is 0.441. The summed E-state index contributed by atoms with van der Waals surface area (Å²) in [5, 5.41) is 0. The fourth-order valence-electron chi connectivity index (χ4n) is 0.628. The van der Waals surface area contributed by atoms with Gasteiger partial charge in [0.1, 0.15) is 0 Å². The molecule has 0 spiro atoms. The molecule has 0 heterocycles. The molecule has 0 aliphatic carbocycles. The van der Waals surface area contributed by atoms with Gasteiger partial charge in [0.2, 0.25) is 6.08 Å². The molecule has 0 saturated heterocycles. The maximum Gasteiger partial charge on any atom is 0.235 e. The molecule has 0 saturated carbocycles. The largest absolute Gasteiger partial charge is 0.385 e. The third-order valence-corrected chi connectivity index (χ3v) is 1.15. The molecule has 0 radical (unpaired) electrons. The maximum atomic E-state index is 9.59. The van der Waals surface area contributed by atoms with E-state index in [1.54, 1.807) is 7.11 Å². The summed E-state index contributed by atoms with van der Waals surface area (Å²) in [4.78, 5) is 13.0. The molecule has 0 rings (SSSR count). The van der Waals surface area contributed by atoms with Gasteiger partial charge in [0, 0.05) is 13.7 Å². The van der Waals surface area contributed by atoms with Crippen LogP contribution >= 0.6 is 0 Å². The quantitative estimate of drug-likeness (QED) is 0.251. The Balaban J connectivity index is 3.09. The van der Waals surface area contributed by atoms with Crippen LogP contribution in [0.4, 0.5) is 0 Å². The first-order valence-electron chi connectivity index (χ1n) is 3.59. The van der Waals surface area contributed by atoms with E-state index in [4.69, 9.17) is 4.74 Å². The van der Waals surface area contributed by atoms with Crippen molar-refractivity contribution < 1.29 is 9.53 Å². The SMILES string of the molecule is COCCC/C=C\CN=C=O. The number of hydrogen-bond acceptors (Lipinski definition) is 3. The van der Waals surface area contributed by atoms with Gasteiger partial charge >= 0.3 is 0 Å². The van der Waals surface area contributed by atoms with Gasteiger partial charge in [0.25, 0.3) is 0 Å². The molecule has 0 atom stereocenters. The van der Waals surface area contributed by atoms with Gasteiger partial charge in [-0.15, -0.1) is 0 Å². The molecule has 0 N–H and O–H groups in total. The van der Waals surface area contributed by atoms with E-state index in [1.165, 1.54) is 6.08 Å². The summed E-state index contributed by atoms with van der Waals surface area (Å²) >= 11 is 0. The number of unbranched alkanes of at least 4 members (excludes halogenated alkanes) is 1. The minimum Gasteiger partial charge on any atom is -0.385 e. The van der Waals surface area contributed by atoms with E-state index < -0.39 is 0 Å². The number of carbonyl (C=O) groups excluding carboxylic acids is 1. The molecule has 11 heavy (non-hydrogen) atoms. The minimum atomic E-state index is 0.441. The lowest BCUT2D eigenvalue weighted by atomic mass is 10.3. The molecule has 0 unspecified atom stereocenters. The van der Waals surface area contributed by atoms with Crippen LogP contribution in [-0.2, 0) is 9.53 Å². The van der Waals surface area contributed by atoms with E-state index in [0.717, 1.165) is 19.4 Å². The third kappa shape index (κ3) is 9.08. The van der Waals surface area contributed by atoms with Crippen LogP contribution in [0.25, 0.3) is 0 Å². The molecule has 0 aromatic rings. The van der Waals surface area contributed by atoms with E-state index in [-0.39, 0.29) is 0 Å². The van der Waals surface area contributed by atoms with Crippen molar-refractivity contribution in [3.63, 3.8) is 0 Å². The van der Waals surface area contributed by atoms with Crippen LogP contribution in [0.1, 0.15) is 12.8 Å². The average molecular weight is 155 g/mol. The number of isocyanates is 1. The van der Waals surface area contributed by atoms with E-state index in [0.29, 0.717) is 6.54 Å². The van der Waals surface area contributed by atoms with Crippen LogP contribution in [0.2, 0.25) is 0 Å². The van der Waals surface area contributed by atoms with E-state index in [9.17, 15) is 4.79 Å². The number of aliphatic imine (C=N–C) groups is 1. The van der Waals surface area contributed by atoms with Crippen LogP contribution in [0.3, 0.4) is 0 Å². The molecular formula is C8H13NO2. The van der Waals surface area contributed by atoms with Gasteiger partial charge in [-0.1, -0.05) is 12.2 Å². The normalized spacial score (nSPS) is 9.91. The molecule has 62 valence electrons. The summed E-state index contributed by atoms with van der Waals surface area (Å²) in [5.74, 6) is 0. The van der Waals surface area contributed by atoms with E-state index >= 15 is 0 Å². The Hall–Kier alpha value is -0.920. The first kappa shape index (κ1) is 10.1. The first-order chi connectivity index (χ1) is 5.41. The van der Waals surface area contributed by atoms with Crippen LogP contribution in [0, 0.1) is 0 Å². The zero-order valence-corrected chi connectivity index (χ0v) is 6.75. The number of methoxy groups -OCH3 is 1. The molecule has 0 fully saturated rings. The predicted molar refractivity (Wildman–Crippen MR) is 43.2 cm³/mol. The Morgan fingerprint density at radius 1 is 1.55 bits per heavy atom. The van der Waals surface area contributed by atoms with Crippen LogP contribution in [0.5, 0.6) is 0 Å². The Labute approximate surface area is 66.8 Å². The molecule has 3 nitrogen and oxygen atoms in total. The summed E-state index contributed by atoms with van der Waals surface area (Å²) in [5.41, 5.74) is 0. The van der Waals surface area contributed by atoms with Crippen molar-refractivity contribution in [1.29, 1.82) is 0 Å². The number of rotatable bonds is 6. The fourth-order valence-corrected chi connectivity index (χ4v) is 0.628. The fraction of sp³-hybridized carbons (Fsp3) is 0.625. The Bertz CT molecular complexity index is 148.